The zero-order chi connectivity index (χ0) is 15.2. The molecule has 0 amide bonds. The van der Waals surface area contributed by atoms with E-state index in [9.17, 15) is 13.2 Å². The molecule has 4 nitrogen and oxygen atoms in total. The first-order valence-corrected chi connectivity index (χ1v) is 6.77. The Morgan fingerprint density at radius 3 is 2.60 bits per heavy atom. The minimum Gasteiger partial charge on any atom is -0.370 e. The van der Waals surface area contributed by atoms with Crippen LogP contribution in [-0.2, 0) is 24.1 Å². The van der Waals surface area contributed by atoms with E-state index in [1.165, 1.54) is 0 Å². The molecule has 1 aromatic heterocycles. The molecule has 0 bridgehead atoms. The van der Waals surface area contributed by atoms with E-state index in [0.717, 1.165) is 24.4 Å². The molecule has 0 radical (unpaired) electrons. The average molecular weight is 293 g/mol. The fourth-order valence-electron chi connectivity index (χ4n) is 1.94. The van der Waals surface area contributed by atoms with Crippen molar-refractivity contribution in [1.29, 1.82) is 0 Å². The molecule has 0 aliphatic heterocycles. The lowest BCUT2D eigenvalue weighted by atomic mass is 10.1. The number of halogens is 3. The average Bonchev–Trinajstić information content (AvgIpc) is 2.78. The largest absolute Gasteiger partial charge is 0.411 e. The van der Waals surface area contributed by atoms with Gasteiger partial charge in [0, 0.05) is 24.7 Å². The van der Waals surface area contributed by atoms with Crippen LogP contribution < -0.4 is 5.32 Å². The molecule has 20 heavy (non-hydrogen) atoms. The van der Waals surface area contributed by atoms with Gasteiger partial charge in [0.05, 0.1) is 12.3 Å². The Hall–Kier alpha value is -1.08. The lowest BCUT2D eigenvalue weighted by Crippen LogP contribution is -2.34. The highest BCUT2D eigenvalue weighted by atomic mass is 19.4. The van der Waals surface area contributed by atoms with Gasteiger partial charge in [-0.2, -0.15) is 18.3 Å². The third-order valence-corrected chi connectivity index (χ3v) is 3.02. The first-order valence-electron chi connectivity index (χ1n) is 6.77. The quantitative estimate of drug-likeness (QED) is 0.798. The van der Waals surface area contributed by atoms with Crippen LogP contribution in [-0.4, -0.2) is 42.3 Å². The lowest BCUT2D eigenvalue weighted by Gasteiger charge is -2.17. The van der Waals surface area contributed by atoms with Crippen molar-refractivity contribution >= 4 is 0 Å². The number of aryl methyl sites for hydroxylation is 2. The van der Waals surface area contributed by atoms with Crippen molar-refractivity contribution in [3.8, 4) is 0 Å². The maximum Gasteiger partial charge on any atom is 0.411 e. The number of ether oxygens (including phenoxy) is 1. The van der Waals surface area contributed by atoms with Gasteiger partial charge in [-0.05, 0) is 26.5 Å². The Bertz CT molecular complexity index is 404. The van der Waals surface area contributed by atoms with Crippen molar-refractivity contribution in [3.05, 3.63) is 17.5 Å². The highest BCUT2D eigenvalue weighted by molar-refractivity contribution is 5.12. The number of likely N-dealkylation sites (N-methyl/N-ethyl adjacent to an activating group) is 1. The van der Waals surface area contributed by atoms with Gasteiger partial charge >= 0.3 is 6.18 Å². The van der Waals surface area contributed by atoms with Gasteiger partial charge in [-0.3, -0.25) is 4.68 Å². The summed E-state index contributed by atoms with van der Waals surface area (Å²) in [5.41, 5.74) is 2.01. The van der Waals surface area contributed by atoms with Crippen molar-refractivity contribution in [2.75, 3.05) is 20.3 Å². The number of nitrogens with one attached hydrogen (secondary N) is 1. The number of aromatic nitrogens is 2. The lowest BCUT2D eigenvalue weighted by molar-refractivity contribution is -0.175. The molecular formula is C13H22F3N3O. The predicted octanol–water partition coefficient (Wildman–Crippen LogP) is 2.17. The Balaban J connectivity index is 2.57. The molecule has 0 spiro atoms. The molecule has 0 aliphatic carbocycles. The topological polar surface area (TPSA) is 39.1 Å². The van der Waals surface area contributed by atoms with Crippen LogP contribution >= 0.6 is 0 Å². The summed E-state index contributed by atoms with van der Waals surface area (Å²) < 4.78 is 42.7. The second kappa shape index (κ2) is 7.64. The highest BCUT2D eigenvalue weighted by Gasteiger charge is 2.28. The summed E-state index contributed by atoms with van der Waals surface area (Å²) in [6.45, 7) is 3.57. The van der Waals surface area contributed by atoms with Crippen LogP contribution in [0.2, 0.25) is 0 Å². The van der Waals surface area contributed by atoms with Gasteiger partial charge in [-0.1, -0.05) is 6.92 Å². The van der Waals surface area contributed by atoms with Crippen LogP contribution in [0.25, 0.3) is 0 Å². The van der Waals surface area contributed by atoms with E-state index in [-0.39, 0.29) is 12.6 Å². The molecule has 1 N–H and O–H groups in total. The van der Waals surface area contributed by atoms with E-state index < -0.39 is 12.8 Å². The van der Waals surface area contributed by atoms with Crippen molar-refractivity contribution in [1.82, 2.24) is 15.1 Å². The van der Waals surface area contributed by atoms with Crippen LogP contribution in [0, 0.1) is 0 Å². The van der Waals surface area contributed by atoms with Crippen molar-refractivity contribution in [2.24, 2.45) is 0 Å². The normalized spacial score (nSPS) is 13.7. The van der Waals surface area contributed by atoms with Crippen LogP contribution in [0.5, 0.6) is 0 Å². The summed E-state index contributed by atoms with van der Waals surface area (Å²) in [4.78, 5) is 0. The standard InChI is InChI=1S/C13H22F3N3O/c1-4-10-6-12(19(5-2)18-10)7-11(17-3)8-20-9-13(14,15)16/h6,11,17H,4-5,7-9H2,1-3H3. The number of rotatable bonds is 8. The summed E-state index contributed by atoms with van der Waals surface area (Å²) in [5, 5.41) is 7.40. The summed E-state index contributed by atoms with van der Waals surface area (Å²) >= 11 is 0. The van der Waals surface area contributed by atoms with E-state index in [4.69, 9.17) is 4.74 Å². The number of hydrogen-bond donors (Lipinski definition) is 1. The summed E-state index contributed by atoms with van der Waals surface area (Å²) in [5.74, 6) is 0. The number of hydrogen-bond acceptors (Lipinski definition) is 3. The van der Waals surface area contributed by atoms with Crippen LogP contribution in [0.4, 0.5) is 13.2 Å². The maximum atomic E-state index is 12.0. The van der Waals surface area contributed by atoms with Gasteiger partial charge in [-0.25, -0.2) is 0 Å². The molecule has 1 atom stereocenters. The molecular weight excluding hydrogens is 271 g/mol. The van der Waals surface area contributed by atoms with Gasteiger partial charge in [0.1, 0.15) is 6.61 Å². The fourth-order valence-corrected chi connectivity index (χ4v) is 1.94. The van der Waals surface area contributed by atoms with E-state index in [1.807, 2.05) is 24.6 Å². The maximum absolute atomic E-state index is 12.0. The molecule has 0 aromatic carbocycles. The Morgan fingerprint density at radius 2 is 2.10 bits per heavy atom. The molecule has 1 rings (SSSR count). The SMILES string of the molecule is CCc1cc(CC(COCC(F)(F)F)NC)n(CC)n1. The second-order valence-electron chi connectivity index (χ2n) is 4.62. The minimum absolute atomic E-state index is 0.0202. The van der Waals surface area contributed by atoms with Crippen LogP contribution in [0.1, 0.15) is 25.2 Å². The molecule has 0 saturated carbocycles. The summed E-state index contributed by atoms with van der Waals surface area (Å²) in [6, 6.07) is 1.83. The van der Waals surface area contributed by atoms with Crippen molar-refractivity contribution < 1.29 is 17.9 Å². The zero-order valence-corrected chi connectivity index (χ0v) is 12.1. The van der Waals surface area contributed by atoms with Gasteiger partial charge in [0.2, 0.25) is 0 Å². The molecule has 1 aromatic rings. The molecule has 0 fully saturated rings. The van der Waals surface area contributed by atoms with E-state index in [1.54, 1.807) is 7.05 Å². The monoisotopic (exact) mass is 293 g/mol. The number of alkyl halides is 3. The van der Waals surface area contributed by atoms with Crippen molar-refractivity contribution in [3.63, 3.8) is 0 Å². The molecule has 7 heteroatoms. The first-order chi connectivity index (χ1) is 9.39. The molecule has 1 unspecified atom stereocenters. The molecule has 0 saturated heterocycles. The second-order valence-corrected chi connectivity index (χ2v) is 4.62. The molecule has 1 heterocycles. The van der Waals surface area contributed by atoms with E-state index in [2.05, 4.69) is 10.4 Å². The van der Waals surface area contributed by atoms with E-state index in [0.29, 0.717) is 6.42 Å². The minimum atomic E-state index is -4.28. The number of nitrogens with zero attached hydrogens (tertiary/aromatic N) is 2. The summed E-state index contributed by atoms with van der Waals surface area (Å²) in [7, 11) is 1.72. The van der Waals surface area contributed by atoms with Gasteiger partial charge in [0.25, 0.3) is 0 Å². The molecule has 116 valence electrons. The van der Waals surface area contributed by atoms with Crippen LogP contribution in [0.3, 0.4) is 0 Å². The van der Waals surface area contributed by atoms with Crippen LogP contribution in [0.15, 0.2) is 6.07 Å². The summed E-state index contributed by atoms with van der Waals surface area (Å²) in [6.07, 6.45) is -2.84. The smallest absolute Gasteiger partial charge is 0.370 e. The van der Waals surface area contributed by atoms with Gasteiger partial charge < -0.3 is 10.1 Å². The third-order valence-electron chi connectivity index (χ3n) is 3.02. The zero-order valence-electron chi connectivity index (χ0n) is 12.1. The molecule has 0 aliphatic rings. The third kappa shape index (κ3) is 5.50. The van der Waals surface area contributed by atoms with Gasteiger partial charge in [0.15, 0.2) is 0 Å². The van der Waals surface area contributed by atoms with Crippen molar-refractivity contribution in [2.45, 2.75) is 45.5 Å². The fraction of sp³-hybridized carbons (Fsp3) is 0.769. The predicted molar refractivity (Wildman–Crippen MR) is 70.7 cm³/mol. The first kappa shape index (κ1) is 17.0. The Kier molecular flexibility index (Phi) is 6.48. The van der Waals surface area contributed by atoms with E-state index >= 15 is 0 Å². The van der Waals surface area contributed by atoms with Gasteiger partial charge in [-0.15, -0.1) is 0 Å². The Labute approximate surface area is 117 Å². The Morgan fingerprint density at radius 1 is 1.40 bits per heavy atom. The highest BCUT2D eigenvalue weighted by Crippen LogP contribution is 2.15.